The van der Waals surface area contributed by atoms with Crippen molar-refractivity contribution in [2.24, 2.45) is 0 Å². The molecule has 0 bridgehead atoms. The highest BCUT2D eigenvalue weighted by Gasteiger charge is 2.39. The molecule has 2 aromatic carbocycles. The molecule has 43 heavy (non-hydrogen) atoms. The number of nitrogens with zero attached hydrogens (tertiary/aromatic N) is 3. The molecule has 228 valence electrons. The molecule has 2 atom stereocenters. The van der Waals surface area contributed by atoms with Crippen LogP contribution in [-0.4, -0.2) is 66.0 Å². The molecule has 2 amide bonds. The Morgan fingerprint density at radius 1 is 1.07 bits per heavy atom. The van der Waals surface area contributed by atoms with Crippen LogP contribution in [0.3, 0.4) is 0 Å². The van der Waals surface area contributed by atoms with E-state index in [4.69, 9.17) is 4.74 Å². The monoisotopic (exact) mass is 597 g/mol. The van der Waals surface area contributed by atoms with Crippen molar-refractivity contribution in [3.05, 3.63) is 70.9 Å². The molecule has 13 heteroatoms. The third-order valence-electron chi connectivity index (χ3n) is 7.77. The topological polar surface area (TPSA) is 121 Å². The number of carbonyl (C=O) groups is 2. The smallest absolute Gasteiger partial charge is 0.421 e. The second-order valence-electron chi connectivity index (χ2n) is 10.9. The lowest BCUT2D eigenvalue weighted by Gasteiger charge is -2.29. The number of rotatable bonds is 8. The minimum atomic E-state index is -4.73. The minimum absolute atomic E-state index is 0.0804. The Bertz CT molecular complexity index is 1490. The molecule has 0 spiro atoms. The second kappa shape index (κ2) is 12.5. The van der Waals surface area contributed by atoms with Crippen LogP contribution in [0.15, 0.2) is 48.7 Å². The van der Waals surface area contributed by atoms with Gasteiger partial charge in [0.15, 0.2) is 0 Å². The maximum absolute atomic E-state index is 14.0. The number of ether oxygens (including phenoxy) is 1. The first-order valence-electron chi connectivity index (χ1n) is 14.0. The minimum Gasteiger partial charge on any atom is -0.495 e. The SMILES string of the molecule is COc1cc(C(=O)NC2CCN(C)CC2)ccc1Nc1ncc(C(F)(F)F)c(N[C@@H]2Cc3ccccc3[C@@H]2NC(C)=O)n1. The quantitative estimate of drug-likeness (QED) is 0.304. The molecule has 2 aliphatic rings. The van der Waals surface area contributed by atoms with Gasteiger partial charge >= 0.3 is 6.18 Å². The normalized spacial score (nSPS) is 18.9. The van der Waals surface area contributed by atoms with E-state index in [0.717, 1.165) is 37.1 Å². The maximum Gasteiger partial charge on any atom is 0.421 e. The number of nitrogens with one attached hydrogen (secondary N) is 4. The number of carbonyl (C=O) groups excluding carboxylic acids is 2. The molecule has 5 rings (SSSR count). The fourth-order valence-corrected chi connectivity index (χ4v) is 5.54. The van der Waals surface area contributed by atoms with E-state index in [1.54, 1.807) is 18.2 Å². The molecule has 2 heterocycles. The zero-order valence-electron chi connectivity index (χ0n) is 24.1. The zero-order valence-corrected chi connectivity index (χ0v) is 24.1. The Labute approximate surface area is 247 Å². The Morgan fingerprint density at radius 2 is 1.81 bits per heavy atom. The van der Waals surface area contributed by atoms with E-state index < -0.39 is 29.6 Å². The predicted molar refractivity (Wildman–Crippen MR) is 155 cm³/mol. The van der Waals surface area contributed by atoms with Crippen molar-refractivity contribution in [1.29, 1.82) is 0 Å². The lowest BCUT2D eigenvalue weighted by molar-refractivity contribution is -0.137. The second-order valence-corrected chi connectivity index (χ2v) is 10.9. The molecular weight excluding hydrogens is 563 g/mol. The molecule has 1 fully saturated rings. The number of likely N-dealkylation sites (tertiary alicyclic amines) is 1. The van der Waals surface area contributed by atoms with Gasteiger partial charge in [0.2, 0.25) is 11.9 Å². The number of benzene rings is 2. The summed E-state index contributed by atoms with van der Waals surface area (Å²) in [6, 6.07) is 11.1. The van der Waals surface area contributed by atoms with Gasteiger partial charge in [-0.25, -0.2) is 4.98 Å². The summed E-state index contributed by atoms with van der Waals surface area (Å²) in [5.74, 6) is -0.769. The molecule has 3 aromatic rings. The van der Waals surface area contributed by atoms with Gasteiger partial charge in [0.25, 0.3) is 5.91 Å². The molecule has 0 unspecified atom stereocenters. The summed E-state index contributed by atoms with van der Waals surface area (Å²) < 4.78 is 47.5. The van der Waals surface area contributed by atoms with Gasteiger partial charge in [-0.1, -0.05) is 24.3 Å². The Morgan fingerprint density at radius 3 is 2.51 bits per heavy atom. The zero-order chi connectivity index (χ0) is 30.7. The van der Waals surface area contributed by atoms with Crippen LogP contribution in [0.25, 0.3) is 0 Å². The first kappa shape index (κ1) is 30.1. The summed E-state index contributed by atoms with van der Waals surface area (Å²) in [6.45, 7) is 3.17. The van der Waals surface area contributed by atoms with Crippen molar-refractivity contribution >= 4 is 29.3 Å². The summed E-state index contributed by atoms with van der Waals surface area (Å²) in [5.41, 5.74) is 1.48. The maximum atomic E-state index is 14.0. The van der Waals surface area contributed by atoms with Crippen LogP contribution >= 0.6 is 0 Å². The summed E-state index contributed by atoms with van der Waals surface area (Å²) in [5, 5.41) is 11.7. The summed E-state index contributed by atoms with van der Waals surface area (Å²) >= 11 is 0. The molecule has 1 aliphatic carbocycles. The first-order chi connectivity index (χ1) is 20.5. The molecule has 0 saturated carbocycles. The van der Waals surface area contributed by atoms with Crippen LogP contribution < -0.4 is 26.0 Å². The lowest BCUT2D eigenvalue weighted by Crippen LogP contribution is -2.43. The molecule has 10 nitrogen and oxygen atoms in total. The molecule has 1 aliphatic heterocycles. The third-order valence-corrected chi connectivity index (χ3v) is 7.77. The number of halogens is 3. The van der Waals surface area contributed by atoms with Gasteiger partial charge in [-0.3, -0.25) is 9.59 Å². The lowest BCUT2D eigenvalue weighted by atomic mass is 10.0. The standard InChI is InChI=1S/C30H34F3N7O3/c1-17(41)35-26-21-7-5-4-6-18(21)14-24(26)37-27-22(30(31,32)33)16-34-29(39-27)38-23-9-8-19(15-25(23)43-3)28(42)36-20-10-12-40(2)13-11-20/h4-9,15-16,20,24,26H,10-14H2,1-3H3,(H,35,41)(H,36,42)(H2,34,37,38,39)/t24-,26+/m1/s1. The molecule has 1 saturated heterocycles. The van der Waals surface area contributed by atoms with E-state index in [1.807, 2.05) is 31.3 Å². The highest BCUT2D eigenvalue weighted by molar-refractivity contribution is 5.95. The van der Waals surface area contributed by atoms with Crippen molar-refractivity contribution < 1.29 is 27.5 Å². The van der Waals surface area contributed by atoms with Gasteiger partial charge < -0.3 is 30.9 Å². The van der Waals surface area contributed by atoms with E-state index in [-0.39, 0.29) is 23.8 Å². The first-order valence-corrected chi connectivity index (χ1v) is 14.0. The molecular formula is C30H34F3N7O3. The van der Waals surface area contributed by atoms with Crippen LogP contribution in [-0.2, 0) is 17.4 Å². The number of amides is 2. The number of anilines is 3. The van der Waals surface area contributed by atoms with Crippen molar-refractivity contribution in [3.63, 3.8) is 0 Å². The van der Waals surface area contributed by atoms with E-state index in [2.05, 4.69) is 36.1 Å². The van der Waals surface area contributed by atoms with Crippen LogP contribution in [0.5, 0.6) is 5.75 Å². The average Bonchev–Trinajstić information content (AvgIpc) is 3.30. The van der Waals surface area contributed by atoms with Crippen molar-refractivity contribution in [2.75, 3.05) is 37.9 Å². The van der Waals surface area contributed by atoms with Gasteiger partial charge in [0.05, 0.1) is 24.9 Å². The number of aromatic nitrogens is 2. The summed E-state index contributed by atoms with van der Waals surface area (Å²) in [6.07, 6.45) is -1.91. The van der Waals surface area contributed by atoms with Crippen molar-refractivity contribution in [2.45, 2.75) is 50.5 Å². The highest BCUT2D eigenvalue weighted by atomic mass is 19.4. The number of alkyl halides is 3. The van der Waals surface area contributed by atoms with Gasteiger partial charge in [0, 0.05) is 24.7 Å². The van der Waals surface area contributed by atoms with Gasteiger partial charge in [-0.05, 0) is 68.7 Å². The number of fused-ring (bicyclic) bond motifs is 1. The van der Waals surface area contributed by atoms with E-state index >= 15 is 0 Å². The predicted octanol–water partition coefficient (Wildman–Crippen LogP) is 4.29. The van der Waals surface area contributed by atoms with Crippen LogP contribution in [0.1, 0.15) is 52.9 Å². The van der Waals surface area contributed by atoms with Gasteiger partial charge in [-0.15, -0.1) is 0 Å². The summed E-state index contributed by atoms with van der Waals surface area (Å²) in [7, 11) is 3.48. The Balaban J connectivity index is 1.37. The number of methoxy groups -OCH3 is 1. The van der Waals surface area contributed by atoms with Crippen molar-refractivity contribution in [1.82, 2.24) is 25.5 Å². The average molecular weight is 598 g/mol. The van der Waals surface area contributed by atoms with Crippen LogP contribution in [0, 0.1) is 0 Å². The van der Waals surface area contributed by atoms with E-state index in [1.165, 1.54) is 14.0 Å². The largest absolute Gasteiger partial charge is 0.495 e. The van der Waals surface area contributed by atoms with E-state index in [9.17, 15) is 22.8 Å². The number of piperidine rings is 1. The van der Waals surface area contributed by atoms with Crippen molar-refractivity contribution in [3.8, 4) is 5.75 Å². The third kappa shape index (κ3) is 6.99. The Kier molecular flexibility index (Phi) is 8.71. The summed E-state index contributed by atoms with van der Waals surface area (Å²) in [4.78, 5) is 35.1. The highest BCUT2D eigenvalue weighted by Crippen LogP contribution is 2.38. The van der Waals surface area contributed by atoms with E-state index in [0.29, 0.717) is 29.6 Å². The number of hydrogen-bond donors (Lipinski definition) is 4. The van der Waals surface area contributed by atoms with Gasteiger partial charge in [0.1, 0.15) is 17.1 Å². The number of hydrogen-bond acceptors (Lipinski definition) is 8. The molecule has 1 aromatic heterocycles. The fraction of sp³-hybridized carbons (Fsp3) is 0.400. The van der Waals surface area contributed by atoms with Crippen LogP contribution in [0.2, 0.25) is 0 Å². The molecule has 4 N–H and O–H groups in total. The van der Waals surface area contributed by atoms with Crippen LogP contribution in [0.4, 0.5) is 30.6 Å². The Hall–Kier alpha value is -4.39. The molecule has 0 radical (unpaired) electrons. The van der Waals surface area contributed by atoms with Gasteiger partial charge in [-0.2, -0.15) is 18.2 Å². The fourth-order valence-electron chi connectivity index (χ4n) is 5.54.